The molecule has 3 aromatic rings. The molecule has 0 spiro atoms. The van der Waals surface area contributed by atoms with Crippen LogP contribution in [0.4, 0.5) is 0 Å². The highest BCUT2D eigenvalue weighted by atomic mass is 79.9. The zero-order valence-electron chi connectivity index (χ0n) is 9.75. The van der Waals surface area contributed by atoms with Crippen molar-refractivity contribution in [1.29, 1.82) is 0 Å². The van der Waals surface area contributed by atoms with Gasteiger partial charge in [0.1, 0.15) is 22.3 Å². The number of fused-ring (bicyclic) bond motifs is 2. The maximum atomic E-state index is 12.3. The van der Waals surface area contributed by atoms with Gasteiger partial charge in [0.15, 0.2) is 0 Å². The Morgan fingerprint density at radius 1 is 1.16 bits per heavy atom. The topological polar surface area (TPSA) is 60.2 Å². The molecule has 1 heterocycles. The summed E-state index contributed by atoms with van der Waals surface area (Å²) in [6, 6.07) is 11.5. The first-order valence-electron chi connectivity index (χ1n) is 5.59. The number of aromatic nitrogens is 2. The molecule has 5 nitrogen and oxygen atoms in total. The molecule has 19 heavy (non-hydrogen) atoms. The Kier molecular flexibility index (Phi) is 2.87. The van der Waals surface area contributed by atoms with Crippen molar-refractivity contribution < 1.29 is 9.16 Å². The summed E-state index contributed by atoms with van der Waals surface area (Å²) in [7, 11) is 0. The van der Waals surface area contributed by atoms with Crippen LogP contribution < -0.4 is 9.16 Å². The summed E-state index contributed by atoms with van der Waals surface area (Å²) in [5.41, 5.74) is 1.60. The van der Waals surface area contributed by atoms with Gasteiger partial charge in [-0.15, -0.1) is 0 Å². The van der Waals surface area contributed by atoms with Crippen LogP contribution in [0, 0.1) is 10.1 Å². The zero-order chi connectivity index (χ0) is 13.4. The molecule has 0 aliphatic carbocycles. The number of nitrogens with zero attached hydrogens (tertiary/aromatic N) is 2. The number of para-hydroxylation sites is 2. The van der Waals surface area contributed by atoms with Crippen molar-refractivity contribution >= 4 is 38.0 Å². The number of alkyl halides is 1. The Labute approximate surface area is 116 Å². The largest absolute Gasteiger partial charge is 0.805 e. The fourth-order valence-electron chi connectivity index (χ4n) is 2.06. The van der Waals surface area contributed by atoms with Gasteiger partial charge in [0.25, 0.3) is 11.0 Å². The fourth-order valence-corrected chi connectivity index (χ4v) is 2.32. The molecule has 0 radical (unpaired) electrons. The molecule has 0 saturated heterocycles. The molecular weight excluding hydrogens is 312 g/mol. The number of hydrogen-bond acceptors (Lipinski definition) is 3. The van der Waals surface area contributed by atoms with E-state index in [4.69, 9.17) is 4.74 Å². The Morgan fingerprint density at radius 2 is 1.89 bits per heavy atom. The summed E-state index contributed by atoms with van der Waals surface area (Å²) in [6.07, 6.45) is 0. The Morgan fingerprint density at radius 3 is 2.68 bits per heavy atom. The molecule has 0 amide bonds. The van der Waals surface area contributed by atoms with Crippen molar-refractivity contribution in [1.82, 2.24) is 4.73 Å². The third-order valence-corrected chi connectivity index (χ3v) is 3.15. The number of rotatable bonds is 2. The molecule has 0 aliphatic rings. The highest BCUT2D eigenvalue weighted by molar-refractivity contribution is 9.09. The average Bonchev–Trinajstić information content (AvgIpc) is 2.45. The summed E-state index contributed by atoms with van der Waals surface area (Å²) in [5.74, 6) is 0.532. The Bertz CT molecular complexity index is 829. The van der Waals surface area contributed by atoms with E-state index in [1.165, 1.54) is 0 Å². The van der Waals surface area contributed by atoms with Gasteiger partial charge in [-0.25, -0.2) is 0 Å². The summed E-state index contributed by atoms with van der Waals surface area (Å²) in [4.78, 5) is 12.2. The summed E-state index contributed by atoms with van der Waals surface area (Å²) in [6.45, 7) is 0. The van der Waals surface area contributed by atoms with Gasteiger partial charge in [-0.05, 0) is 28.1 Å². The molecule has 0 N–H and O–H groups in total. The molecule has 0 unspecified atom stereocenters. The standard InChI is InChI=1S/C13H9BrN2O3/c14-8-19-9-5-6-12-13(7-9)16(18)11-4-2-1-3-10(11)15(12)17/h1-7H,8H2. The normalized spacial score (nSPS) is 11.0. The third-order valence-electron chi connectivity index (χ3n) is 2.93. The van der Waals surface area contributed by atoms with Crippen molar-refractivity contribution in [3.05, 3.63) is 52.6 Å². The van der Waals surface area contributed by atoms with E-state index in [1.54, 1.807) is 42.5 Å². The minimum absolute atomic E-state index is 0.284. The Balaban J connectivity index is 2.46. The van der Waals surface area contributed by atoms with Gasteiger partial charge < -0.3 is 14.7 Å². The van der Waals surface area contributed by atoms with Crippen LogP contribution in [-0.2, 0) is 0 Å². The van der Waals surface area contributed by atoms with E-state index in [-0.39, 0.29) is 5.52 Å². The van der Waals surface area contributed by atoms with Gasteiger partial charge in [0.2, 0.25) is 0 Å². The second-order valence-corrected chi connectivity index (χ2v) is 4.44. The molecule has 0 aliphatic heterocycles. The number of hydrogen-bond donors (Lipinski definition) is 0. The highest BCUT2D eigenvalue weighted by Gasteiger charge is 2.15. The summed E-state index contributed by atoms with van der Waals surface area (Å²) >= 11 is 3.15. The maximum absolute atomic E-state index is 12.3. The van der Waals surface area contributed by atoms with Gasteiger partial charge in [0.05, 0.1) is 4.43 Å². The molecule has 0 saturated carbocycles. The van der Waals surface area contributed by atoms with Crippen LogP contribution in [0.15, 0.2) is 42.5 Å². The third kappa shape index (κ3) is 1.84. The van der Waals surface area contributed by atoms with Crippen molar-refractivity contribution in [3.63, 3.8) is 0 Å². The fraction of sp³-hybridized carbons (Fsp3) is 0.0769. The van der Waals surface area contributed by atoms with Crippen LogP contribution in [0.25, 0.3) is 22.1 Å². The van der Waals surface area contributed by atoms with Crippen molar-refractivity contribution in [2.45, 2.75) is 0 Å². The molecule has 0 fully saturated rings. The SMILES string of the molecule is O=[n+]1c2ccccc2n([O-])c2cc(OCBr)ccc21. The molecule has 2 aromatic carbocycles. The summed E-state index contributed by atoms with van der Waals surface area (Å²) in [5, 5.41) is 12.3. The van der Waals surface area contributed by atoms with E-state index >= 15 is 0 Å². The first-order valence-corrected chi connectivity index (χ1v) is 6.71. The molecule has 0 atom stereocenters. The lowest BCUT2D eigenvalue weighted by molar-refractivity contribution is -0.432. The first-order chi connectivity index (χ1) is 9.22. The van der Waals surface area contributed by atoms with Crippen LogP contribution in [-0.4, -0.2) is 10.2 Å². The van der Waals surface area contributed by atoms with Crippen molar-refractivity contribution in [2.75, 3.05) is 5.52 Å². The van der Waals surface area contributed by atoms with Crippen LogP contribution >= 0.6 is 15.9 Å². The van der Waals surface area contributed by atoms with Crippen LogP contribution in [0.1, 0.15) is 0 Å². The van der Waals surface area contributed by atoms with E-state index in [1.807, 2.05) is 0 Å². The first kappa shape index (κ1) is 12.0. The predicted octanol–water partition coefficient (Wildman–Crippen LogP) is 2.79. The lowest BCUT2D eigenvalue weighted by Crippen LogP contribution is -2.19. The number of benzene rings is 2. The van der Waals surface area contributed by atoms with E-state index in [2.05, 4.69) is 15.9 Å². The van der Waals surface area contributed by atoms with E-state index < -0.39 is 0 Å². The molecule has 96 valence electrons. The van der Waals surface area contributed by atoms with E-state index in [0.717, 1.165) is 9.16 Å². The second-order valence-electron chi connectivity index (χ2n) is 3.98. The number of halogens is 1. The van der Waals surface area contributed by atoms with Crippen LogP contribution in [0.2, 0.25) is 0 Å². The number of ether oxygens (including phenoxy) is 1. The lowest BCUT2D eigenvalue weighted by atomic mass is 10.2. The minimum Gasteiger partial charge on any atom is -0.805 e. The van der Waals surface area contributed by atoms with E-state index in [9.17, 15) is 10.1 Å². The van der Waals surface area contributed by atoms with Gasteiger partial charge in [0, 0.05) is 23.1 Å². The lowest BCUT2D eigenvalue weighted by Gasteiger charge is -2.14. The molecule has 1 aromatic heterocycles. The van der Waals surface area contributed by atoms with Gasteiger partial charge in [-0.3, -0.25) is 0 Å². The maximum Gasteiger partial charge on any atom is 0.287 e. The zero-order valence-corrected chi connectivity index (χ0v) is 11.3. The molecular formula is C13H9BrN2O3. The molecule has 3 rings (SSSR count). The molecule has 6 heteroatoms. The van der Waals surface area contributed by atoms with Gasteiger partial charge in [-0.1, -0.05) is 12.1 Å². The quantitative estimate of drug-likeness (QED) is 0.414. The average molecular weight is 321 g/mol. The second kappa shape index (κ2) is 4.55. The highest BCUT2D eigenvalue weighted by Crippen LogP contribution is 2.21. The van der Waals surface area contributed by atoms with Crippen molar-refractivity contribution in [3.8, 4) is 5.75 Å². The van der Waals surface area contributed by atoms with E-state index in [0.29, 0.717) is 27.8 Å². The van der Waals surface area contributed by atoms with Gasteiger partial charge in [-0.2, -0.15) is 0 Å². The summed E-state index contributed by atoms with van der Waals surface area (Å²) < 4.78 is 6.79. The monoisotopic (exact) mass is 320 g/mol. The van der Waals surface area contributed by atoms with Crippen LogP contribution in [0.3, 0.4) is 0 Å². The van der Waals surface area contributed by atoms with Crippen LogP contribution in [0.5, 0.6) is 5.75 Å². The predicted molar refractivity (Wildman–Crippen MR) is 76.0 cm³/mol. The van der Waals surface area contributed by atoms with Crippen molar-refractivity contribution in [2.24, 2.45) is 0 Å². The molecule has 0 bridgehead atoms. The smallest absolute Gasteiger partial charge is 0.287 e. The minimum atomic E-state index is 0.284. The Hall–Kier alpha value is -2.08. The van der Waals surface area contributed by atoms with Gasteiger partial charge >= 0.3 is 0 Å².